The number of hydrogen-bond donors (Lipinski definition) is 1. The van der Waals surface area contributed by atoms with E-state index < -0.39 is 11.9 Å². The highest BCUT2D eigenvalue weighted by Crippen LogP contribution is 2.29. The van der Waals surface area contributed by atoms with Crippen LogP contribution in [0.15, 0.2) is 66.0 Å². The smallest absolute Gasteiger partial charge is 0.252 e. The van der Waals surface area contributed by atoms with Gasteiger partial charge in [-0.1, -0.05) is 24.6 Å². The van der Waals surface area contributed by atoms with Crippen molar-refractivity contribution in [2.24, 2.45) is 13.0 Å². The molecular weight excluding hydrogens is 483 g/mol. The second-order valence-electron chi connectivity index (χ2n) is 9.04. The molecule has 5 rings (SSSR count). The molecule has 4 aromatic rings. The molecule has 0 spiro atoms. The highest BCUT2D eigenvalue weighted by atomic mass is 35.5. The lowest BCUT2D eigenvalue weighted by Gasteiger charge is -2.29. The highest BCUT2D eigenvalue weighted by molar-refractivity contribution is 6.30. The van der Waals surface area contributed by atoms with Crippen LogP contribution in [0.1, 0.15) is 30.5 Å². The van der Waals surface area contributed by atoms with Gasteiger partial charge in [0.2, 0.25) is 5.95 Å². The van der Waals surface area contributed by atoms with Crippen LogP contribution in [0, 0.1) is 11.7 Å². The van der Waals surface area contributed by atoms with E-state index in [1.54, 1.807) is 53.2 Å². The largest absolute Gasteiger partial charge is 0.381 e. The molecule has 8 nitrogen and oxygen atoms in total. The summed E-state index contributed by atoms with van der Waals surface area (Å²) >= 11 is 5.90. The minimum Gasteiger partial charge on any atom is -0.381 e. The van der Waals surface area contributed by atoms with E-state index in [0.29, 0.717) is 41.9 Å². The maximum absolute atomic E-state index is 14.3. The Balaban J connectivity index is 1.48. The molecule has 36 heavy (non-hydrogen) atoms. The van der Waals surface area contributed by atoms with Crippen molar-refractivity contribution in [3.63, 3.8) is 0 Å². The Morgan fingerprint density at radius 1 is 1.22 bits per heavy atom. The molecule has 0 saturated carbocycles. The lowest BCUT2D eigenvalue weighted by molar-refractivity contribution is 0.0536. The molecule has 1 saturated heterocycles. The Morgan fingerprint density at radius 3 is 2.81 bits per heavy atom. The number of hydrogen-bond acceptors (Lipinski definition) is 6. The average Bonchev–Trinajstić information content (AvgIpc) is 3.30. The van der Waals surface area contributed by atoms with Gasteiger partial charge in [0, 0.05) is 55.5 Å². The topological polar surface area (TPSA) is 86.9 Å². The molecule has 0 bridgehead atoms. The predicted octanol–water partition coefficient (Wildman–Crippen LogP) is 4.31. The van der Waals surface area contributed by atoms with Gasteiger partial charge < -0.3 is 14.6 Å². The second kappa shape index (κ2) is 10.2. The van der Waals surface area contributed by atoms with Gasteiger partial charge in [0.05, 0.1) is 29.6 Å². The van der Waals surface area contributed by atoms with Crippen molar-refractivity contribution in [3.05, 3.63) is 93.5 Å². The van der Waals surface area contributed by atoms with Crippen molar-refractivity contribution in [3.8, 4) is 11.3 Å². The summed E-state index contributed by atoms with van der Waals surface area (Å²) < 4.78 is 23.0. The summed E-state index contributed by atoms with van der Waals surface area (Å²) in [6, 6.07) is 9.31. The Kier molecular flexibility index (Phi) is 6.84. The molecule has 4 heterocycles. The molecule has 0 aliphatic carbocycles. The monoisotopic (exact) mass is 508 g/mol. The number of aromatic nitrogens is 5. The Bertz CT molecular complexity index is 1440. The standard InChI is InChI=1S/C26H26ClFN6O2/c1-16-15-36-10-7-22(16)31-26-29-8-5-23(32-26)17-6-9-34(24(35)12-17)25(19-13-30-33(2)14-19)18-3-4-20(27)21(28)11-18/h3-6,8-9,11-14,16,22,25H,7,10,15H2,1-2H3,(H,29,31,32)/t16-,22+,25?/m1/s1. The molecule has 1 fully saturated rings. The van der Waals surface area contributed by atoms with Crippen LogP contribution in [0.5, 0.6) is 0 Å². The maximum Gasteiger partial charge on any atom is 0.252 e. The molecule has 1 unspecified atom stereocenters. The fourth-order valence-electron chi connectivity index (χ4n) is 4.49. The first-order chi connectivity index (χ1) is 17.4. The number of pyridine rings is 1. The minimum absolute atomic E-state index is 0.0229. The van der Waals surface area contributed by atoms with E-state index in [4.69, 9.17) is 16.3 Å². The van der Waals surface area contributed by atoms with Gasteiger partial charge in [-0.2, -0.15) is 5.10 Å². The normalized spacial score (nSPS) is 18.7. The van der Waals surface area contributed by atoms with Crippen LogP contribution in [0.4, 0.5) is 10.3 Å². The summed E-state index contributed by atoms with van der Waals surface area (Å²) in [7, 11) is 1.79. The van der Waals surface area contributed by atoms with Crippen LogP contribution in [0.2, 0.25) is 5.02 Å². The summed E-state index contributed by atoms with van der Waals surface area (Å²) in [5.74, 6) is 0.310. The average molecular weight is 509 g/mol. The van der Waals surface area contributed by atoms with E-state index in [0.717, 1.165) is 12.0 Å². The zero-order chi connectivity index (χ0) is 25.2. The highest BCUT2D eigenvalue weighted by Gasteiger charge is 2.23. The molecule has 1 aliphatic heterocycles. The molecule has 1 N–H and O–H groups in total. The lowest BCUT2D eigenvalue weighted by Crippen LogP contribution is -2.36. The summed E-state index contributed by atoms with van der Waals surface area (Å²) in [6.07, 6.45) is 7.72. The lowest BCUT2D eigenvalue weighted by atomic mass is 9.98. The number of halogens is 2. The Hall–Kier alpha value is -3.56. The second-order valence-corrected chi connectivity index (χ2v) is 9.45. The number of ether oxygens (including phenoxy) is 1. The van der Waals surface area contributed by atoms with E-state index in [1.165, 1.54) is 18.2 Å². The molecule has 10 heteroatoms. The van der Waals surface area contributed by atoms with E-state index >= 15 is 0 Å². The van der Waals surface area contributed by atoms with Crippen molar-refractivity contribution in [1.29, 1.82) is 0 Å². The van der Waals surface area contributed by atoms with Crippen molar-refractivity contribution in [1.82, 2.24) is 24.3 Å². The van der Waals surface area contributed by atoms with Crippen LogP contribution in [-0.2, 0) is 11.8 Å². The number of aryl methyl sites for hydroxylation is 1. The zero-order valence-electron chi connectivity index (χ0n) is 19.9. The number of benzene rings is 1. The van der Waals surface area contributed by atoms with E-state index in [-0.39, 0.29) is 16.6 Å². The van der Waals surface area contributed by atoms with Gasteiger partial charge in [-0.3, -0.25) is 9.48 Å². The van der Waals surface area contributed by atoms with Gasteiger partial charge in [-0.15, -0.1) is 0 Å². The van der Waals surface area contributed by atoms with Crippen molar-refractivity contribution >= 4 is 17.5 Å². The fourth-order valence-corrected chi connectivity index (χ4v) is 4.61. The van der Waals surface area contributed by atoms with Gasteiger partial charge in [0.15, 0.2) is 0 Å². The van der Waals surface area contributed by atoms with Gasteiger partial charge >= 0.3 is 0 Å². The van der Waals surface area contributed by atoms with Gasteiger partial charge in [-0.05, 0) is 42.2 Å². The third-order valence-corrected chi connectivity index (χ3v) is 6.74. The molecule has 186 valence electrons. The minimum atomic E-state index is -0.579. The van der Waals surface area contributed by atoms with Crippen LogP contribution in [0.25, 0.3) is 11.3 Å². The molecule has 1 aliphatic rings. The summed E-state index contributed by atoms with van der Waals surface area (Å²) in [5.41, 5.74) is 2.36. The van der Waals surface area contributed by atoms with Gasteiger partial charge in [0.1, 0.15) is 5.82 Å². The first-order valence-electron chi connectivity index (χ1n) is 11.7. The number of nitrogens with one attached hydrogen (secondary N) is 1. The van der Waals surface area contributed by atoms with Crippen LogP contribution >= 0.6 is 11.6 Å². The van der Waals surface area contributed by atoms with E-state index in [2.05, 4.69) is 27.3 Å². The third-order valence-electron chi connectivity index (χ3n) is 6.43. The number of anilines is 1. The quantitative estimate of drug-likeness (QED) is 0.418. The molecule has 0 radical (unpaired) electrons. The first kappa shape index (κ1) is 24.1. The van der Waals surface area contributed by atoms with E-state index in [9.17, 15) is 9.18 Å². The van der Waals surface area contributed by atoms with Crippen LogP contribution in [0.3, 0.4) is 0 Å². The SMILES string of the molecule is C[C@@H]1COCC[C@@H]1Nc1nccc(-c2ccn(C(c3ccc(Cl)c(F)c3)c3cnn(C)c3)c(=O)c2)n1. The molecule has 1 aromatic carbocycles. The molecule has 0 amide bonds. The van der Waals surface area contributed by atoms with Gasteiger partial charge in [0.25, 0.3) is 5.56 Å². The van der Waals surface area contributed by atoms with Crippen molar-refractivity contribution in [2.75, 3.05) is 18.5 Å². The Morgan fingerprint density at radius 2 is 2.08 bits per heavy atom. The summed E-state index contributed by atoms with van der Waals surface area (Å²) in [6.45, 7) is 3.53. The summed E-state index contributed by atoms with van der Waals surface area (Å²) in [4.78, 5) is 22.3. The first-order valence-corrected chi connectivity index (χ1v) is 12.1. The third kappa shape index (κ3) is 5.03. The van der Waals surface area contributed by atoms with E-state index in [1.807, 2.05) is 6.07 Å². The Labute approximate surface area is 212 Å². The fraction of sp³-hybridized carbons (Fsp3) is 0.308. The van der Waals surface area contributed by atoms with Crippen LogP contribution in [-0.4, -0.2) is 43.6 Å². The molecule has 3 atom stereocenters. The molecular formula is C26H26ClFN6O2. The zero-order valence-corrected chi connectivity index (χ0v) is 20.7. The van der Waals surface area contributed by atoms with Crippen LogP contribution < -0.4 is 10.9 Å². The maximum atomic E-state index is 14.3. The van der Waals surface area contributed by atoms with Crippen molar-refractivity contribution < 1.29 is 9.13 Å². The van der Waals surface area contributed by atoms with Crippen molar-refractivity contribution in [2.45, 2.75) is 25.4 Å². The van der Waals surface area contributed by atoms with Gasteiger partial charge in [-0.25, -0.2) is 14.4 Å². The predicted molar refractivity (Wildman–Crippen MR) is 136 cm³/mol. The molecule has 3 aromatic heterocycles. The number of rotatable bonds is 6. The summed E-state index contributed by atoms with van der Waals surface area (Å²) in [5, 5.41) is 7.66. The number of nitrogens with zero attached hydrogens (tertiary/aromatic N) is 5.